The Morgan fingerprint density at radius 3 is 2.42 bits per heavy atom. The molecule has 1 fully saturated rings. The molecular formula is C12H20N4O9S. The molecular weight excluding hydrogens is 376 g/mol. The van der Waals surface area contributed by atoms with E-state index in [1.54, 1.807) is 0 Å². The number of hydrogen-bond acceptors (Lipinski definition) is 8. The third kappa shape index (κ3) is 4.87. The molecule has 3 atom stereocenters. The monoisotopic (exact) mass is 396 g/mol. The van der Waals surface area contributed by atoms with Gasteiger partial charge in [0.25, 0.3) is 5.91 Å². The maximum absolute atomic E-state index is 12.1. The Morgan fingerprint density at radius 1 is 1.42 bits per heavy atom. The van der Waals surface area contributed by atoms with Crippen LogP contribution in [-0.2, 0) is 34.2 Å². The molecule has 0 aromatic heterocycles. The smallest absolute Gasteiger partial charge is 0.362 e. The fourth-order valence-corrected chi connectivity index (χ4v) is 2.73. The largest absolute Gasteiger partial charge is 0.480 e. The first kappa shape index (κ1) is 21.8. The van der Waals surface area contributed by atoms with Gasteiger partial charge >= 0.3 is 16.3 Å². The van der Waals surface area contributed by atoms with Gasteiger partial charge in [-0.25, -0.2) is 4.31 Å². The number of nitrogens with one attached hydrogen (secondary N) is 2. The summed E-state index contributed by atoms with van der Waals surface area (Å²) < 4.78 is 35.7. The van der Waals surface area contributed by atoms with E-state index in [2.05, 4.69) is 10.6 Å². The van der Waals surface area contributed by atoms with Gasteiger partial charge in [0.15, 0.2) is 0 Å². The van der Waals surface area contributed by atoms with Crippen molar-refractivity contribution in [3.63, 3.8) is 0 Å². The van der Waals surface area contributed by atoms with E-state index in [4.69, 9.17) is 20.1 Å². The van der Waals surface area contributed by atoms with Crippen LogP contribution in [0.2, 0.25) is 0 Å². The second-order valence-electron chi connectivity index (χ2n) is 5.58. The Balaban J connectivity index is 2.60. The molecule has 1 rings (SSSR count). The first-order chi connectivity index (χ1) is 11.8. The molecule has 26 heavy (non-hydrogen) atoms. The molecule has 0 aliphatic carbocycles. The maximum atomic E-state index is 12.1. The minimum Gasteiger partial charge on any atom is -0.480 e. The van der Waals surface area contributed by atoms with Crippen LogP contribution < -0.4 is 16.4 Å². The molecule has 13 nitrogen and oxygen atoms in total. The lowest BCUT2D eigenvalue weighted by Crippen LogP contribution is -2.76. The van der Waals surface area contributed by atoms with Gasteiger partial charge in [-0.15, -0.1) is 0 Å². The van der Waals surface area contributed by atoms with E-state index in [0.717, 1.165) is 7.11 Å². The third-order valence-electron chi connectivity index (χ3n) is 3.66. The van der Waals surface area contributed by atoms with E-state index in [-0.39, 0.29) is 17.1 Å². The molecule has 14 heteroatoms. The molecule has 148 valence electrons. The number of carboxylic acids is 1. The fraction of sp³-hybridized carbons (Fsp3) is 0.667. The summed E-state index contributed by atoms with van der Waals surface area (Å²) in [5.41, 5.74) is 3.28. The molecule has 0 unspecified atom stereocenters. The van der Waals surface area contributed by atoms with Crippen LogP contribution in [0.5, 0.6) is 0 Å². The number of β-lactam (4-membered cyclic amide) rings is 1. The van der Waals surface area contributed by atoms with Gasteiger partial charge in [0.2, 0.25) is 17.5 Å². The molecule has 6 N–H and O–H groups in total. The second kappa shape index (κ2) is 7.94. The van der Waals surface area contributed by atoms with Crippen molar-refractivity contribution in [2.75, 3.05) is 13.7 Å². The van der Waals surface area contributed by atoms with Crippen LogP contribution in [0.25, 0.3) is 0 Å². The van der Waals surface area contributed by atoms with Crippen LogP contribution in [0.3, 0.4) is 0 Å². The zero-order valence-electron chi connectivity index (χ0n) is 14.0. The van der Waals surface area contributed by atoms with Crippen molar-refractivity contribution in [1.29, 1.82) is 0 Å². The maximum Gasteiger partial charge on any atom is 0.362 e. The van der Waals surface area contributed by atoms with Gasteiger partial charge in [-0.3, -0.25) is 23.7 Å². The molecule has 0 aromatic rings. The molecule has 1 saturated heterocycles. The molecule has 0 bridgehead atoms. The van der Waals surface area contributed by atoms with Crippen molar-refractivity contribution in [3.05, 3.63) is 0 Å². The molecule has 0 aromatic carbocycles. The Hall–Kier alpha value is -2.29. The number of carbonyl (C=O) groups excluding carboxylic acids is 3. The van der Waals surface area contributed by atoms with E-state index < -0.39 is 58.3 Å². The lowest BCUT2D eigenvalue weighted by molar-refractivity contribution is -0.180. The molecule has 1 aliphatic heterocycles. The average Bonchev–Trinajstić information content (AvgIpc) is 2.53. The Labute approximate surface area is 148 Å². The highest BCUT2D eigenvalue weighted by Gasteiger charge is 2.58. The third-order valence-corrected chi connectivity index (χ3v) is 4.51. The fourth-order valence-electron chi connectivity index (χ4n) is 2.03. The lowest BCUT2D eigenvalue weighted by atomic mass is 10.1. The SMILES string of the molecule is CO[C@]1(NC(=O)[C@H](C)NC(=O)CC[C@@H](N)C(=O)O)CN(S(=O)(=O)O)C1=O. The normalized spacial score (nSPS) is 22.2. The van der Waals surface area contributed by atoms with Crippen LogP contribution in [0.15, 0.2) is 0 Å². The van der Waals surface area contributed by atoms with Crippen LogP contribution in [0.4, 0.5) is 0 Å². The molecule has 1 aliphatic rings. The first-order valence-corrected chi connectivity index (χ1v) is 8.68. The van der Waals surface area contributed by atoms with Crippen molar-refractivity contribution in [2.24, 2.45) is 5.73 Å². The quantitative estimate of drug-likeness (QED) is 0.150. The number of methoxy groups -OCH3 is 1. The van der Waals surface area contributed by atoms with Crippen LogP contribution in [0, 0.1) is 0 Å². The Morgan fingerprint density at radius 2 is 2.00 bits per heavy atom. The number of rotatable bonds is 9. The number of ether oxygens (including phenoxy) is 1. The van der Waals surface area contributed by atoms with Gasteiger partial charge in [0.05, 0.1) is 6.54 Å². The molecule has 1 heterocycles. The van der Waals surface area contributed by atoms with Gasteiger partial charge in [-0.1, -0.05) is 0 Å². The number of carbonyl (C=O) groups is 4. The minimum absolute atomic E-state index is 0.104. The van der Waals surface area contributed by atoms with Crippen molar-refractivity contribution in [1.82, 2.24) is 14.9 Å². The number of nitrogens with zero attached hydrogens (tertiary/aromatic N) is 1. The van der Waals surface area contributed by atoms with E-state index in [9.17, 15) is 27.6 Å². The van der Waals surface area contributed by atoms with Crippen LogP contribution >= 0.6 is 0 Å². The Bertz CT molecular complexity index is 709. The zero-order chi connectivity index (χ0) is 20.3. The summed E-state index contributed by atoms with van der Waals surface area (Å²) in [4.78, 5) is 46.2. The van der Waals surface area contributed by atoms with E-state index in [1.807, 2.05) is 0 Å². The zero-order valence-corrected chi connectivity index (χ0v) is 14.8. The summed E-state index contributed by atoms with van der Waals surface area (Å²) in [5.74, 6) is -3.96. The second-order valence-corrected chi connectivity index (χ2v) is 6.92. The van der Waals surface area contributed by atoms with Crippen molar-refractivity contribution < 1.29 is 42.0 Å². The molecule has 0 saturated carbocycles. The summed E-state index contributed by atoms with van der Waals surface area (Å²) in [7, 11) is -3.72. The molecule has 0 spiro atoms. The number of hydrogen-bond donors (Lipinski definition) is 5. The highest BCUT2D eigenvalue weighted by Crippen LogP contribution is 2.26. The minimum atomic E-state index is -4.77. The molecule has 3 amide bonds. The Kier molecular flexibility index (Phi) is 6.65. The number of aliphatic carboxylic acids is 1. The predicted molar refractivity (Wildman–Crippen MR) is 83.6 cm³/mol. The number of amides is 3. The van der Waals surface area contributed by atoms with Gasteiger partial charge in [0.1, 0.15) is 12.1 Å². The number of nitrogens with two attached hydrogens (primary N) is 1. The summed E-state index contributed by atoms with van der Waals surface area (Å²) in [6.07, 6.45) is -0.380. The van der Waals surface area contributed by atoms with Crippen molar-refractivity contribution in [2.45, 2.75) is 37.6 Å². The van der Waals surface area contributed by atoms with Crippen molar-refractivity contribution >= 4 is 34.0 Å². The predicted octanol–water partition coefficient (Wildman–Crippen LogP) is -3.21. The van der Waals surface area contributed by atoms with E-state index in [0.29, 0.717) is 0 Å². The average molecular weight is 396 g/mol. The summed E-state index contributed by atoms with van der Waals surface area (Å²) in [6, 6.07) is -2.36. The van der Waals surface area contributed by atoms with Gasteiger partial charge in [-0.05, 0) is 13.3 Å². The highest BCUT2D eigenvalue weighted by atomic mass is 32.2. The first-order valence-electron chi connectivity index (χ1n) is 7.28. The standard InChI is InChI=1S/C12H20N4O9S/c1-6(14-8(17)4-3-7(13)10(19)20)9(18)15-12(25-2)5-16(11(12)21)26(22,23)24/h6-7H,3-5,13H2,1-2H3,(H,14,17)(H,15,18)(H,19,20)(H,22,23,24)/t6-,7+,12+/m0/s1. The lowest BCUT2D eigenvalue weighted by Gasteiger charge is -2.45. The highest BCUT2D eigenvalue weighted by molar-refractivity contribution is 7.84. The van der Waals surface area contributed by atoms with Crippen LogP contribution in [0.1, 0.15) is 19.8 Å². The van der Waals surface area contributed by atoms with Crippen LogP contribution in [-0.4, -0.2) is 77.5 Å². The summed E-state index contributed by atoms with van der Waals surface area (Å²) in [5, 5.41) is 13.1. The summed E-state index contributed by atoms with van der Waals surface area (Å²) >= 11 is 0. The topological polar surface area (TPSA) is 205 Å². The molecule has 0 radical (unpaired) electrons. The van der Waals surface area contributed by atoms with E-state index >= 15 is 0 Å². The van der Waals surface area contributed by atoms with Gasteiger partial charge < -0.3 is 26.2 Å². The number of carboxylic acid groups (broad SMARTS) is 1. The summed E-state index contributed by atoms with van der Waals surface area (Å²) in [6.45, 7) is 0.651. The van der Waals surface area contributed by atoms with Gasteiger partial charge in [0, 0.05) is 13.5 Å². The van der Waals surface area contributed by atoms with Crippen molar-refractivity contribution in [3.8, 4) is 0 Å². The van der Waals surface area contributed by atoms with Gasteiger partial charge in [-0.2, -0.15) is 8.42 Å². The van der Waals surface area contributed by atoms with E-state index in [1.165, 1.54) is 6.92 Å².